The van der Waals surface area contributed by atoms with Crippen LogP contribution in [0.4, 0.5) is 0 Å². The number of hydrogen-bond donors (Lipinski definition) is 0. The van der Waals surface area contributed by atoms with E-state index in [1.165, 1.54) is 22.3 Å². The van der Waals surface area contributed by atoms with Crippen LogP contribution in [0.2, 0.25) is 0 Å². The zero-order chi connectivity index (χ0) is 32.1. The second kappa shape index (κ2) is 11.6. The van der Waals surface area contributed by atoms with Crippen LogP contribution in [0.25, 0.3) is 22.6 Å². The Balaban J connectivity index is 1.37. The summed E-state index contributed by atoms with van der Waals surface area (Å²) in [6, 6.07) is 38.6. The van der Waals surface area contributed by atoms with Crippen LogP contribution in [0.5, 0.6) is 0 Å². The summed E-state index contributed by atoms with van der Waals surface area (Å²) in [4.78, 5) is 9.89. The van der Waals surface area contributed by atoms with Crippen molar-refractivity contribution in [2.24, 2.45) is 0 Å². The fourth-order valence-electron chi connectivity index (χ4n) is 6.96. The lowest BCUT2D eigenvalue weighted by atomic mass is 9.52. The molecule has 1 aliphatic carbocycles. The summed E-state index contributed by atoms with van der Waals surface area (Å²) in [5.41, 5.74) is 7.27. The van der Waals surface area contributed by atoms with Gasteiger partial charge in [-0.3, -0.25) is 0 Å². The predicted molar refractivity (Wildman–Crippen MR) is 185 cm³/mol. The topological polar surface area (TPSA) is 52.1 Å². The molecule has 46 heavy (non-hydrogen) atoms. The molecule has 0 atom stereocenters. The molecule has 0 bridgehead atoms. The summed E-state index contributed by atoms with van der Waals surface area (Å²) in [5.74, 6) is 3.18. The maximum Gasteiger partial charge on any atom is 0.199 e. The van der Waals surface area contributed by atoms with Crippen molar-refractivity contribution in [3.05, 3.63) is 156 Å². The van der Waals surface area contributed by atoms with Crippen LogP contribution in [0.15, 0.2) is 130 Å². The lowest BCUT2D eigenvalue weighted by molar-refractivity contribution is 0.169. The Kier molecular flexibility index (Phi) is 7.55. The highest BCUT2D eigenvalue weighted by Gasteiger charge is 2.57. The van der Waals surface area contributed by atoms with Crippen molar-refractivity contribution < 1.29 is 8.83 Å². The first-order valence-electron chi connectivity index (χ1n) is 16.3. The molecular formula is C42H42N2O2. The summed E-state index contributed by atoms with van der Waals surface area (Å²) in [7, 11) is 0. The zero-order valence-corrected chi connectivity index (χ0v) is 27.6. The average molecular weight is 607 g/mol. The predicted octanol–water partition coefficient (Wildman–Crippen LogP) is 11.0. The fraction of sp³-hybridized carbons (Fsp3) is 0.286. The van der Waals surface area contributed by atoms with Gasteiger partial charge in [0.05, 0.1) is 24.2 Å². The average Bonchev–Trinajstić information content (AvgIpc) is 3.72. The van der Waals surface area contributed by atoms with E-state index in [9.17, 15) is 0 Å². The summed E-state index contributed by atoms with van der Waals surface area (Å²) < 4.78 is 13.3. The molecule has 7 rings (SSSR count). The van der Waals surface area contributed by atoms with Gasteiger partial charge >= 0.3 is 0 Å². The highest BCUT2D eigenvalue weighted by Crippen LogP contribution is 2.66. The molecule has 0 saturated heterocycles. The molecular weight excluding hydrogens is 564 g/mol. The molecule has 1 fully saturated rings. The summed E-state index contributed by atoms with van der Waals surface area (Å²) in [5, 5.41) is 0. The highest BCUT2D eigenvalue weighted by molar-refractivity contribution is 5.57. The van der Waals surface area contributed by atoms with E-state index in [1.807, 2.05) is 48.8 Å². The van der Waals surface area contributed by atoms with Gasteiger partial charge in [-0.25, -0.2) is 9.97 Å². The van der Waals surface area contributed by atoms with E-state index in [-0.39, 0.29) is 34.5 Å². The van der Waals surface area contributed by atoms with Crippen LogP contribution < -0.4 is 0 Å². The smallest absolute Gasteiger partial charge is 0.199 e. The fourth-order valence-corrected chi connectivity index (χ4v) is 6.96. The Hall–Kier alpha value is -4.70. The first-order chi connectivity index (χ1) is 22.1. The molecule has 4 aromatic carbocycles. The number of oxazole rings is 2. The van der Waals surface area contributed by atoms with E-state index in [0.717, 1.165) is 34.4 Å². The Morgan fingerprint density at radius 3 is 1.11 bits per heavy atom. The maximum absolute atomic E-state index is 6.63. The van der Waals surface area contributed by atoms with Crippen LogP contribution in [0, 0.1) is 0 Å². The van der Waals surface area contributed by atoms with E-state index in [1.54, 1.807) is 0 Å². The van der Waals surface area contributed by atoms with E-state index in [0.29, 0.717) is 0 Å². The molecule has 0 unspecified atom stereocenters. The molecule has 0 N–H and O–H groups in total. The number of rotatable bonds is 6. The van der Waals surface area contributed by atoms with Gasteiger partial charge in [0.2, 0.25) is 0 Å². The minimum Gasteiger partial charge on any atom is -0.440 e. The molecule has 0 radical (unpaired) electrons. The van der Waals surface area contributed by atoms with Crippen LogP contribution in [-0.2, 0) is 10.8 Å². The molecule has 1 saturated carbocycles. The largest absolute Gasteiger partial charge is 0.440 e. The third-order valence-corrected chi connectivity index (χ3v) is 9.60. The van der Waals surface area contributed by atoms with Gasteiger partial charge in [-0.1, -0.05) is 151 Å². The van der Waals surface area contributed by atoms with Crippen LogP contribution in [0.3, 0.4) is 0 Å². The molecule has 2 heterocycles. The lowest BCUT2D eigenvalue weighted by Crippen LogP contribution is -2.40. The monoisotopic (exact) mass is 606 g/mol. The summed E-state index contributed by atoms with van der Waals surface area (Å²) >= 11 is 0. The number of nitrogens with zero attached hydrogens (tertiary/aromatic N) is 2. The second-order valence-corrected chi connectivity index (χ2v) is 14.7. The molecule has 1 aliphatic rings. The normalized spacial score (nSPS) is 20.0. The summed E-state index contributed by atoms with van der Waals surface area (Å²) in [6.45, 7) is 13.5. The molecule has 4 nitrogen and oxygen atoms in total. The highest BCUT2D eigenvalue weighted by atomic mass is 16.4. The molecule has 4 heteroatoms. The van der Waals surface area contributed by atoms with Gasteiger partial charge in [-0.15, -0.1) is 0 Å². The van der Waals surface area contributed by atoms with Crippen molar-refractivity contribution in [3.63, 3.8) is 0 Å². The Morgan fingerprint density at radius 2 is 0.783 bits per heavy atom. The van der Waals surface area contributed by atoms with Gasteiger partial charge in [0.1, 0.15) is 0 Å². The van der Waals surface area contributed by atoms with E-state index in [4.69, 9.17) is 18.8 Å². The zero-order valence-electron chi connectivity index (χ0n) is 27.6. The quantitative estimate of drug-likeness (QED) is 0.189. The first-order valence-corrected chi connectivity index (χ1v) is 16.3. The maximum atomic E-state index is 6.63. The molecule has 6 aromatic rings. The van der Waals surface area contributed by atoms with Crippen LogP contribution >= 0.6 is 0 Å². The number of hydrogen-bond acceptors (Lipinski definition) is 4. The molecule has 2 aromatic heterocycles. The SMILES string of the molecule is CC(C)(C)c1ccc(C2C(c3ncc(-c4ccccc4)o3)C(c3ccc(C(C)(C)C)cc3)C2c2ncc(-c3ccccc3)o2)cc1. The van der Waals surface area contributed by atoms with Gasteiger partial charge in [0, 0.05) is 23.0 Å². The standard InChI is InChI=1S/C42H42N2O2/c1-41(2,3)31-21-17-29(18-22-31)35-37(39-43-25-33(45-39)27-13-9-7-10-14-27)36(30-19-23-32(24-20-30)42(4,5)6)38(35)40-44-26-34(46-40)28-15-11-8-12-16-28/h7-26,35-38H,1-6H3. The number of aromatic nitrogens is 2. The molecule has 0 amide bonds. The van der Waals surface area contributed by atoms with Crippen LogP contribution in [0.1, 0.15) is 99.2 Å². The van der Waals surface area contributed by atoms with Gasteiger partial charge in [0.25, 0.3) is 0 Å². The van der Waals surface area contributed by atoms with Crippen molar-refractivity contribution in [2.45, 2.75) is 76.0 Å². The minimum absolute atomic E-state index is 0.00416. The van der Waals surface area contributed by atoms with Crippen molar-refractivity contribution in [1.82, 2.24) is 9.97 Å². The second-order valence-electron chi connectivity index (χ2n) is 14.7. The first kappa shape index (κ1) is 30.0. The Morgan fingerprint density at radius 1 is 0.435 bits per heavy atom. The third kappa shape index (κ3) is 5.62. The van der Waals surface area contributed by atoms with E-state index in [2.05, 4.69) is 114 Å². The molecule has 0 spiro atoms. The Bertz CT molecular complexity index is 1750. The van der Waals surface area contributed by atoms with Gasteiger partial charge in [0.15, 0.2) is 23.3 Å². The van der Waals surface area contributed by atoms with E-state index < -0.39 is 0 Å². The minimum atomic E-state index is -0.00416. The van der Waals surface area contributed by atoms with E-state index >= 15 is 0 Å². The van der Waals surface area contributed by atoms with Crippen molar-refractivity contribution in [3.8, 4) is 22.6 Å². The summed E-state index contributed by atoms with van der Waals surface area (Å²) in [6.07, 6.45) is 3.74. The van der Waals surface area contributed by atoms with Crippen molar-refractivity contribution >= 4 is 0 Å². The number of benzene rings is 4. The van der Waals surface area contributed by atoms with Gasteiger partial charge in [-0.05, 0) is 33.1 Å². The third-order valence-electron chi connectivity index (χ3n) is 9.60. The van der Waals surface area contributed by atoms with Crippen molar-refractivity contribution in [2.75, 3.05) is 0 Å². The molecule has 0 aliphatic heterocycles. The Labute approximate surface area is 272 Å². The van der Waals surface area contributed by atoms with Gasteiger partial charge < -0.3 is 8.83 Å². The lowest BCUT2D eigenvalue weighted by Gasteiger charge is -2.50. The van der Waals surface area contributed by atoms with Crippen molar-refractivity contribution in [1.29, 1.82) is 0 Å². The molecule has 232 valence electrons. The van der Waals surface area contributed by atoms with Crippen LogP contribution in [-0.4, -0.2) is 9.97 Å². The van der Waals surface area contributed by atoms with Gasteiger partial charge in [-0.2, -0.15) is 0 Å².